The van der Waals surface area contributed by atoms with E-state index in [1.165, 1.54) is 10.8 Å². The lowest BCUT2D eigenvalue weighted by atomic mass is 10.00. The second-order valence-corrected chi connectivity index (χ2v) is 10.2. The molecule has 0 amide bonds. The molecule has 2 aromatic carbocycles. The van der Waals surface area contributed by atoms with Crippen LogP contribution in [-0.2, 0) is 14.6 Å². The predicted octanol–water partition coefficient (Wildman–Crippen LogP) is 3.17. The van der Waals surface area contributed by atoms with Gasteiger partial charge in [-0.3, -0.25) is 4.57 Å². The second kappa shape index (κ2) is 9.44. The molecule has 33 heavy (non-hydrogen) atoms. The molecule has 1 aliphatic rings. The average molecular weight is 473 g/mol. The van der Waals surface area contributed by atoms with Gasteiger partial charge in [-0.1, -0.05) is 24.3 Å². The van der Waals surface area contributed by atoms with E-state index in [1.807, 2.05) is 31.2 Å². The highest BCUT2D eigenvalue weighted by atomic mass is 32.2. The largest absolute Gasteiger partial charge is 0.493 e. The maximum Gasteiger partial charge on any atom is 0.327 e. The van der Waals surface area contributed by atoms with E-state index in [0.29, 0.717) is 47.9 Å². The van der Waals surface area contributed by atoms with Gasteiger partial charge in [0.05, 0.1) is 49.8 Å². The summed E-state index contributed by atoms with van der Waals surface area (Å²) in [7, 11) is -1.88. The number of imidazole rings is 1. The van der Waals surface area contributed by atoms with Crippen molar-refractivity contribution >= 4 is 26.4 Å². The van der Waals surface area contributed by atoms with Crippen LogP contribution in [0.5, 0.6) is 11.5 Å². The number of H-pyrrole nitrogens is 1. The molecule has 8 nitrogen and oxygen atoms in total. The summed E-state index contributed by atoms with van der Waals surface area (Å²) in [5.74, 6) is 0.800. The standard InChI is InChI=1S/C24H28N2O6S/c1-4-32-22-14-17(8-9-21(22)30-2)20(15-33(3,28)29)26-19-7-5-6-18(23(19)25-24(26)27)16-10-12-31-13-11-16/h5-10,14,20H,4,11-13,15H2,1-3H3,(H,25,27)/t20-/m0/s1. The molecule has 9 heteroatoms. The van der Waals surface area contributed by atoms with E-state index in [4.69, 9.17) is 14.2 Å². The number of aromatic nitrogens is 2. The van der Waals surface area contributed by atoms with E-state index < -0.39 is 15.9 Å². The Labute approximate surface area is 192 Å². The predicted molar refractivity (Wildman–Crippen MR) is 128 cm³/mol. The molecule has 0 bridgehead atoms. The van der Waals surface area contributed by atoms with Crippen LogP contribution in [0.4, 0.5) is 0 Å². The van der Waals surface area contributed by atoms with Crippen molar-refractivity contribution in [2.45, 2.75) is 19.4 Å². The molecule has 0 unspecified atom stereocenters. The zero-order chi connectivity index (χ0) is 23.6. The summed E-state index contributed by atoms with van der Waals surface area (Å²) >= 11 is 0. The molecule has 0 saturated heterocycles. The van der Waals surface area contributed by atoms with Crippen molar-refractivity contribution in [2.75, 3.05) is 38.9 Å². The van der Waals surface area contributed by atoms with E-state index in [0.717, 1.165) is 17.6 Å². The Kier molecular flexibility index (Phi) is 6.62. The van der Waals surface area contributed by atoms with Crippen LogP contribution >= 0.6 is 0 Å². The minimum atomic E-state index is -3.43. The number of nitrogens with one attached hydrogen (secondary N) is 1. The van der Waals surface area contributed by atoms with E-state index in [-0.39, 0.29) is 11.4 Å². The highest BCUT2D eigenvalue weighted by Crippen LogP contribution is 2.34. The first-order valence-corrected chi connectivity index (χ1v) is 12.9. The quantitative estimate of drug-likeness (QED) is 0.541. The van der Waals surface area contributed by atoms with Gasteiger partial charge < -0.3 is 19.2 Å². The lowest BCUT2D eigenvalue weighted by Crippen LogP contribution is -2.28. The molecule has 3 aromatic rings. The van der Waals surface area contributed by atoms with Gasteiger partial charge in [0.2, 0.25) is 0 Å². The molecule has 0 saturated carbocycles. The van der Waals surface area contributed by atoms with Gasteiger partial charge in [0.25, 0.3) is 0 Å². The first-order valence-electron chi connectivity index (χ1n) is 10.8. The van der Waals surface area contributed by atoms with Gasteiger partial charge in [-0.05, 0) is 42.7 Å². The van der Waals surface area contributed by atoms with Crippen LogP contribution < -0.4 is 15.2 Å². The number of hydrogen-bond donors (Lipinski definition) is 1. The summed E-state index contributed by atoms with van der Waals surface area (Å²) in [6.45, 7) is 3.43. The van der Waals surface area contributed by atoms with Gasteiger partial charge in [-0.25, -0.2) is 13.2 Å². The summed E-state index contributed by atoms with van der Waals surface area (Å²) in [4.78, 5) is 16.2. The minimum absolute atomic E-state index is 0.238. The first-order chi connectivity index (χ1) is 15.8. The smallest absolute Gasteiger partial charge is 0.327 e. The molecule has 4 rings (SSSR count). The van der Waals surface area contributed by atoms with Crippen LogP contribution in [0.2, 0.25) is 0 Å². The number of methoxy groups -OCH3 is 1. The number of fused-ring (bicyclic) bond motifs is 1. The third-order valence-corrected chi connectivity index (χ3v) is 6.63. The third kappa shape index (κ3) is 4.84. The zero-order valence-electron chi connectivity index (χ0n) is 19.0. The van der Waals surface area contributed by atoms with Gasteiger partial charge >= 0.3 is 5.69 Å². The Bertz CT molecular complexity index is 1350. The van der Waals surface area contributed by atoms with Gasteiger partial charge in [-0.15, -0.1) is 0 Å². The summed E-state index contributed by atoms with van der Waals surface area (Å²) in [6.07, 6.45) is 3.93. The maximum absolute atomic E-state index is 13.2. The Balaban J connectivity index is 1.91. The SMILES string of the molecule is CCOc1cc([C@H](CS(C)(=O)=O)n2c(=O)[nH]c3c(C4=CCOCC4)cccc32)ccc1OC. The van der Waals surface area contributed by atoms with Crippen LogP contribution in [0.1, 0.15) is 30.5 Å². The number of hydrogen-bond acceptors (Lipinski definition) is 6. The van der Waals surface area contributed by atoms with Crippen molar-refractivity contribution < 1.29 is 22.6 Å². The Morgan fingerprint density at radius 2 is 2.03 bits per heavy atom. The van der Waals surface area contributed by atoms with Crippen molar-refractivity contribution in [1.82, 2.24) is 9.55 Å². The minimum Gasteiger partial charge on any atom is -0.493 e. The first kappa shape index (κ1) is 23.1. The Morgan fingerprint density at radius 3 is 2.70 bits per heavy atom. The van der Waals surface area contributed by atoms with E-state index in [1.54, 1.807) is 25.3 Å². The van der Waals surface area contributed by atoms with Crippen molar-refractivity contribution in [3.63, 3.8) is 0 Å². The van der Waals surface area contributed by atoms with Crippen molar-refractivity contribution in [3.8, 4) is 11.5 Å². The molecule has 1 aliphatic heterocycles. The summed E-state index contributed by atoms with van der Waals surface area (Å²) in [5, 5.41) is 0. The van der Waals surface area contributed by atoms with Crippen molar-refractivity contribution in [2.24, 2.45) is 0 Å². The van der Waals surface area contributed by atoms with Gasteiger partial charge in [0, 0.05) is 11.8 Å². The second-order valence-electron chi connectivity index (χ2n) is 8.01. The summed E-state index contributed by atoms with van der Waals surface area (Å²) in [6, 6.07) is 10.2. The molecule has 176 valence electrons. The van der Waals surface area contributed by atoms with Gasteiger partial charge in [0.15, 0.2) is 11.5 Å². The van der Waals surface area contributed by atoms with Crippen LogP contribution in [0.3, 0.4) is 0 Å². The van der Waals surface area contributed by atoms with Crippen molar-refractivity contribution in [3.05, 3.63) is 64.1 Å². The molecule has 1 N–H and O–H groups in total. The molecule has 0 spiro atoms. The summed E-state index contributed by atoms with van der Waals surface area (Å²) in [5.41, 5.74) is 3.63. The van der Waals surface area contributed by atoms with E-state index in [9.17, 15) is 13.2 Å². The number of sulfone groups is 1. The number of para-hydroxylation sites is 1. The normalized spacial score (nSPS) is 15.3. The van der Waals surface area contributed by atoms with Crippen LogP contribution in [0, 0.1) is 0 Å². The molecule has 1 aromatic heterocycles. The number of rotatable bonds is 8. The molecule has 0 radical (unpaired) electrons. The molecule has 2 heterocycles. The van der Waals surface area contributed by atoms with Gasteiger partial charge in [-0.2, -0.15) is 0 Å². The van der Waals surface area contributed by atoms with E-state index in [2.05, 4.69) is 4.98 Å². The monoisotopic (exact) mass is 472 g/mol. The maximum atomic E-state index is 13.2. The Morgan fingerprint density at radius 1 is 1.21 bits per heavy atom. The molecular formula is C24H28N2O6S. The number of nitrogens with zero attached hydrogens (tertiary/aromatic N) is 1. The fourth-order valence-electron chi connectivity index (χ4n) is 4.27. The molecular weight excluding hydrogens is 444 g/mol. The zero-order valence-corrected chi connectivity index (χ0v) is 19.8. The highest BCUT2D eigenvalue weighted by molar-refractivity contribution is 7.90. The Hall–Kier alpha value is -3.04. The average Bonchev–Trinajstić information content (AvgIpc) is 3.13. The molecule has 1 atom stereocenters. The van der Waals surface area contributed by atoms with Crippen LogP contribution in [0.25, 0.3) is 16.6 Å². The lowest BCUT2D eigenvalue weighted by Gasteiger charge is -2.21. The highest BCUT2D eigenvalue weighted by Gasteiger charge is 2.26. The van der Waals surface area contributed by atoms with Crippen molar-refractivity contribution in [1.29, 1.82) is 0 Å². The molecule has 0 fully saturated rings. The van der Waals surface area contributed by atoms with Crippen LogP contribution in [0.15, 0.2) is 47.3 Å². The number of ether oxygens (including phenoxy) is 3. The lowest BCUT2D eigenvalue weighted by molar-refractivity contribution is 0.161. The van der Waals surface area contributed by atoms with Crippen LogP contribution in [-0.4, -0.2) is 56.9 Å². The van der Waals surface area contributed by atoms with E-state index >= 15 is 0 Å². The number of aromatic amines is 1. The summed E-state index contributed by atoms with van der Waals surface area (Å²) < 4.78 is 42.8. The third-order valence-electron chi connectivity index (χ3n) is 5.71. The topological polar surface area (TPSA) is 99.6 Å². The molecule has 0 aliphatic carbocycles. The number of benzene rings is 2. The fraction of sp³-hybridized carbons (Fsp3) is 0.375. The van der Waals surface area contributed by atoms with Gasteiger partial charge in [0.1, 0.15) is 9.84 Å². The fourth-order valence-corrected chi connectivity index (χ4v) is 5.19.